The topological polar surface area (TPSA) is 112 Å². The average molecular weight is 964 g/mol. The minimum absolute atomic E-state index is 0. The van der Waals surface area contributed by atoms with Crippen LogP contribution in [0.2, 0.25) is 0 Å². The van der Waals surface area contributed by atoms with E-state index < -0.39 is 17.9 Å². The van der Waals surface area contributed by atoms with Gasteiger partial charge in [-0.1, -0.05) is 264 Å². The number of hydrogen-bond acceptors (Lipinski definition) is 3. The molecule has 0 aromatic rings. The molecule has 0 aliphatic heterocycles. The van der Waals surface area contributed by atoms with Gasteiger partial charge in [-0.05, 0) is 44.9 Å². The van der Waals surface area contributed by atoms with E-state index >= 15 is 0 Å². The molecule has 0 aliphatic rings. The van der Waals surface area contributed by atoms with Gasteiger partial charge in [0.25, 0.3) is 0 Å². The van der Waals surface area contributed by atoms with Crippen molar-refractivity contribution in [2.24, 2.45) is 0 Å². The Hall–Kier alpha value is 1.58. The summed E-state index contributed by atoms with van der Waals surface area (Å²) in [6.45, 7) is 6.80. The van der Waals surface area contributed by atoms with Crippen molar-refractivity contribution in [3.63, 3.8) is 0 Å². The van der Waals surface area contributed by atoms with Crippen molar-refractivity contribution in [1.82, 2.24) is 0 Å². The molecule has 0 unspecified atom stereocenters. The van der Waals surface area contributed by atoms with E-state index in [9.17, 15) is 14.4 Å². The monoisotopic (exact) mass is 963 g/mol. The van der Waals surface area contributed by atoms with Gasteiger partial charge < -0.3 is 19.6 Å². The molecule has 6 nitrogen and oxygen atoms in total. The molecule has 0 aliphatic carbocycles. The smallest absolute Gasteiger partial charge is 1.00 e. The predicted molar refractivity (Wildman–Crippen MR) is 280 cm³/mol. The fourth-order valence-electron chi connectivity index (χ4n) is 7.64. The molecular formula is C54H112AlCaKO6. The Balaban J connectivity index is -0.000000101. The summed E-state index contributed by atoms with van der Waals surface area (Å²) in [5.74, 6) is -1.97. The van der Waals surface area contributed by atoms with E-state index in [1.54, 1.807) is 0 Å². The van der Waals surface area contributed by atoms with Crippen LogP contribution >= 0.6 is 0 Å². The molecule has 0 radical (unpaired) electrons. The fourth-order valence-corrected chi connectivity index (χ4v) is 7.64. The average Bonchev–Trinajstić information content (AvgIpc) is 3.22. The van der Waals surface area contributed by atoms with Gasteiger partial charge in [-0.15, -0.1) is 0 Å². The van der Waals surface area contributed by atoms with Gasteiger partial charge in [0.15, 0.2) is 17.4 Å². The Morgan fingerprint density at radius 2 is 0.444 bits per heavy atom. The van der Waals surface area contributed by atoms with Crippen LogP contribution < -0.4 is 51.4 Å². The molecule has 0 aromatic carbocycles. The Labute approximate surface area is 481 Å². The number of allylic oxidation sites excluding steroid dienone is 2. The molecule has 0 atom stereocenters. The molecule has 0 saturated heterocycles. The van der Waals surface area contributed by atoms with Crippen LogP contribution in [0.3, 0.4) is 0 Å². The summed E-state index contributed by atoms with van der Waals surface area (Å²) in [5.41, 5.74) is 0. The first-order valence-corrected chi connectivity index (χ1v) is 26.6. The van der Waals surface area contributed by atoms with Gasteiger partial charge in [-0.25, -0.2) is 0 Å². The Morgan fingerprint density at radius 3 is 0.603 bits per heavy atom. The molecule has 3 N–H and O–H groups in total. The third kappa shape index (κ3) is 87.2. The molecule has 0 heterocycles. The van der Waals surface area contributed by atoms with Crippen LogP contribution in [0, 0.1) is 0 Å². The fraction of sp³-hybridized carbons (Fsp3) is 0.907. The van der Waals surface area contributed by atoms with Crippen LogP contribution in [0.5, 0.6) is 0 Å². The van der Waals surface area contributed by atoms with E-state index in [0.717, 1.165) is 38.5 Å². The second-order valence-corrected chi connectivity index (χ2v) is 17.9. The largest absolute Gasteiger partial charge is 2.00 e. The molecule has 370 valence electrons. The molecule has 0 saturated carbocycles. The van der Waals surface area contributed by atoms with E-state index in [2.05, 4.69) is 32.9 Å². The van der Waals surface area contributed by atoms with Gasteiger partial charge in [0, 0.05) is 19.3 Å². The van der Waals surface area contributed by atoms with Crippen molar-refractivity contribution in [3.8, 4) is 0 Å². The zero-order valence-electron chi connectivity index (χ0n) is 45.5. The van der Waals surface area contributed by atoms with Gasteiger partial charge in [-0.3, -0.25) is 14.4 Å². The Morgan fingerprint density at radius 1 is 0.302 bits per heavy atom. The van der Waals surface area contributed by atoms with E-state index in [-0.39, 0.29) is 111 Å². The summed E-state index contributed by atoms with van der Waals surface area (Å²) >= 11 is 0. The van der Waals surface area contributed by atoms with E-state index in [1.165, 1.54) is 238 Å². The number of unbranched alkanes of at least 4 members (excludes halogenated alkanes) is 39. The minimum atomic E-state index is -0.664. The Kier molecular flexibility index (Phi) is 87.6. The number of hydrogen-bond donors (Lipinski definition) is 3. The molecule has 63 heavy (non-hydrogen) atoms. The van der Waals surface area contributed by atoms with Gasteiger partial charge >= 0.3 is 107 Å². The van der Waals surface area contributed by atoms with Crippen LogP contribution in [0.4, 0.5) is 0 Å². The van der Waals surface area contributed by atoms with Crippen molar-refractivity contribution < 1.29 is 85.4 Å². The third-order valence-electron chi connectivity index (χ3n) is 11.6. The summed E-state index contributed by atoms with van der Waals surface area (Å²) in [7, 11) is 0. The standard InChI is InChI=1S/2C18H36O2.C18H34O2.Al.Ca.K.6H/c3*1-2-3-4-5-6-7-8-9-10-11-12-13-14-15-16-17-18(19)20;;;;;;;;;/h2*2-17H2,1H3,(H,19,20);9-10H,2-8,11-17H2,1H3,(H,19,20);;;;;;;;;/q;;;;+2;+1;;;;3*-1/b;;10-9-;;;;;;;;;. The number of aliphatic carboxylic acids is 3. The Bertz CT molecular complexity index is 851. The molecule has 0 bridgehead atoms. The molecule has 0 aromatic heterocycles. The number of rotatable bonds is 47. The van der Waals surface area contributed by atoms with Crippen molar-refractivity contribution in [2.45, 2.75) is 316 Å². The third-order valence-corrected chi connectivity index (χ3v) is 11.6. The number of carbonyl (C=O) groups is 3. The van der Waals surface area contributed by atoms with Crippen LogP contribution in [0.25, 0.3) is 0 Å². The molecule has 0 amide bonds. The second kappa shape index (κ2) is 72.6. The summed E-state index contributed by atoms with van der Waals surface area (Å²) in [5, 5.41) is 25.5. The van der Waals surface area contributed by atoms with Gasteiger partial charge in [0.1, 0.15) is 0 Å². The molecular weight excluding hydrogens is 851 g/mol. The molecule has 0 spiro atoms. The number of carboxylic acids is 3. The summed E-state index contributed by atoms with van der Waals surface area (Å²) < 4.78 is 0. The first kappa shape index (κ1) is 76.1. The van der Waals surface area contributed by atoms with Crippen molar-refractivity contribution in [2.75, 3.05) is 0 Å². The zero-order valence-corrected chi connectivity index (χ0v) is 47.8. The first-order valence-electron chi connectivity index (χ1n) is 26.6. The van der Waals surface area contributed by atoms with Gasteiger partial charge in [0.05, 0.1) is 0 Å². The van der Waals surface area contributed by atoms with Crippen LogP contribution in [0.15, 0.2) is 12.2 Å². The maximum absolute atomic E-state index is 10.3. The summed E-state index contributed by atoms with van der Waals surface area (Å²) in [4.78, 5) is 31.0. The second-order valence-electron chi connectivity index (χ2n) is 17.9. The van der Waals surface area contributed by atoms with Gasteiger partial charge in [0.2, 0.25) is 0 Å². The molecule has 9 heteroatoms. The molecule has 0 fully saturated rings. The minimum Gasteiger partial charge on any atom is -1.00 e. The van der Waals surface area contributed by atoms with Crippen LogP contribution in [-0.4, -0.2) is 88.3 Å². The van der Waals surface area contributed by atoms with Crippen LogP contribution in [-0.2, 0) is 14.4 Å². The first-order chi connectivity index (χ1) is 29.3. The number of carboxylic acid groups (broad SMARTS) is 3. The molecule has 0 rings (SSSR count). The van der Waals surface area contributed by atoms with Crippen molar-refractivity contribution in [3.05, 3.63) is 12.2 Å². The maximum atomic E-state index is 10.3. The van der Waals surface area contributed by atoms with E-state index in [1.807, 2.05) is 0 Å². The van der Waals surface area contributed by atoms with E-state index in [4.69, 9.17) is 15.3 Å². The van der Waals surface area contributed by atoms with Crippen molar-refractivity contribution in [1.29, 1.82) is 0 Å². The zero-order chi connectivity index (χ0) is 44.7. The summed E-state index contributed by atoms with van der Waals surface area (Å²) in [6.07, 6.45) is 61.6. The summed E-state index contributed by atoms with van der Waals surface area (Å²) in [6, 6.07) is 0. The predicted octanol–water partition coefficient (Wildman–Crippen LogP) is 14.6. The normalized spacial score (nSPS) is 10.5. The van der Waals surface area contributed by atoms with Crippen LogP contribution in [0.1, 0.15) is 320 Å². The van der Waals surface area contributed by atoms with Gasteiger partial charge in [-0.2, -0.15) is 0 Å². The quantitative estimate of drug-likeness (QED) is 0.0318. The van der Waals surface area contributed by atoms with Crippen molar-refractivity contribution >= 4 is 73.0 Å². The SMILES string of the molecule is CCCCCCCC/C=C\CCCCCCCC(=O)O.CCCCCCCCCCCCCCCCCC(=O)O.CCCCCCCCCCCCCCCCCC(=O)O.[AlH3].[Ca+2].[H-].[H-].[H-].[K+]. The maximum Gasteiger partial charge on any atom is 2.00 e. The van der Waals surface area contributed by atoms with E-state index in [0.29, 0.717) is 19.3 Å².